The molecule has 0 fully saturated rings. The van der Waals surface area contributed by atoms with Crippen LogP contribution in [0.25, 0.3) is 5.57 Å². The van der Waals surface area contributed by atoms with E-state index in [1.807, 2.05) is 6.08 Å². The van der Waals surface area contributed by atoms with Crippen LogP contribution >= 0.6 is 0 Å². The Hall–Kier alpha value is -3.00. The number of allylic oxidation sites excluding steroid dienone is 2. The second kappa shape index (κ2) is 12.9. The molecule has 1 amide bonds. The number of ether oxygens (including phenoxy) is 2. The number of hydrogen-bond donors (Lipinski definition) is 2. The van der Waals surface area contributed by atoms with Gasteiger partial charge in [0.05, 0.1) is 11.4 Å². The number of hydrogen-bond acceptors (Lipinski definition) is 8. The highest BCUT2D eigenvalue weighted by Gasteiger charge is 2.56. The number of aromatic nitrogens is 1. The van der Waals surface area contributed by atoms with E-state index in [2.05, 4.69) is 14.7 Å². The highest BCUT2D eigenvalue weighted by atomic mass is 32.2. The fourth-order valence-electron chi connectivity index (χ4n) is 3.80. The number of alkyl halides is 3. The number of nitrogens with one attached hydrogen (secondary N) is 1. The van der Waals surface area contributed by atoms with E-state index in [0.29, 0.717) is 5.56 Å². The van der Waals surface area contributed by atoms with Crippen molar-refractivity contribution in [1.82, 2.24) is 10.3 Å². The van der Waals surface area contributed by atoms with Crippen molar-refractivity contribution in [3.63, 3.8) is 0 Å². The maximum absolute atomic E-state index is 13.9. The van der Waals surface area contributed by atoms with Gasteiger partial charge in [-0.2, -0.15) is 17.6 Å². The number of sulfonamides is 1. The predicted molar refractivity (Wildman–Crippen MR) is 147 cm³/mol. The molecule has 41 heavy (non-hydrogen) atoms. The van der Waals surface area contributed by atoms with E-state index in [9.17, 15) is 36.3 Å². The van der Waals surface area contributed by atoms with E-state index in [4.69, 9.17) is 9.47 Å². The van der Waals surface area contributed by atoms with Crippen LogP contribution in [0, 0.1) is 0 Å². The van der Waals surface area contributed by atoms with Crippen molar-refractivity contribution >= 4 is 33.9 Å². The topological polar surface area (TPSA) is 144 Å². The number of halogens is 3. The highest BCUT2D eigenvalue weighted by Crippen LogP contribution is 2.41. The van der Waals surface area contributed by atoms with Crippen LogP contribution in [0.5, 0.6) is 0 Å². The lowest BCUT2D eigenvalue weighted by Crippen LogP contribution is -2.46. The third-order valence-electron chi connectivity index (χ3n) is 5.75. The second-order valence-electron chi connectivity index (χ2n) is 11.7. The standard InChI is InChI=1S/C27H38F3N3O7S/c1-24(2,3)39-22(34)20(33-23(35)40-25(4,5)6)13-15-32-41(37,38)16-14-26(36,27(28,29)30)21-12-11-19(17-31-21)18-9-7-8-10-18/h9,11-12,15,17,20,36H,7-8,10,13-14,16H2,1-6H3,(H,33,35)/t20-,26?/m0/s1. The molecule has 1 aromatic rings. The van der Waals surface area contributed by atoms with Gasteiger partial charge in [0.15, 0.2) is 0 Å². The Morgan fingerprint density at radius 2 is 1.76 bits per heavy atom. The first-order chi connectivity index (χ1) is 18.6. The Bertz CT molecular complexity index is 1250. The van der Waals surface area contributed by atoms with Crippen LogP contribution in [0.4, 0.5) is 18.0 Å². The summed E-state index contributed by atoms with van der Waals surface area (Å²) < 4.78 is 80.6. The van der Waals surface area contributed by atoms with Gasteiger partial charge in [-0.1, -0.05) is 12.1 Å². The predicted octanol–water partition coefficient (Wildman–Crippen LogP) is 4.81. The summed E-state index contributed by atoms with van der Waals surface area (Å²) in [5.74, 6) is -2.08. The number of carbonyl (C=O) groups excluding carboxylic acids is 2. The van der Waals surface area contributed by atoms with Crippen LogP contribution in [0.15, 0.2) is 28.8 Å². The Kier molecular flexibility index (Phi) is 10.8. The molecule has 1 aliphatic carbocycles. The van der Waals surface area contributed by atoms with E-state index in [1.54, 1.807) is 41.5 Å². The molecular formula is C27H38F3N3O7S. The molecule has 1 aliphatic rings. The molecule has 0 aliphatic heterocycles. The summed E-state index contributed by atoms with van der Waals surface area (Å²) in [5.41, 5.74) is -4.53. The lowest BCUT2D eigenvalue weighted by molar-refractivity contribution is -0.268. The monoisotopic (exact) mass is 605 g/mol. The minimum Gasteiger partial charge on any atom is -0.458 e. The van der Waals surface area contributed by atoms with Crippen LogP contribution in [0.2, 0.25) is 0 Å². The number of esters is 1. The molecule has 1 unspecified atom stereocenters. The van der Waals surface area contributed by atoms with Gasteiger partial charge in [-0.3, -0.25) is 4.98 Å². The van der Waals surface area contributed by atoms with Crippen molar-refractivity contribution in [3.8, 4) is 0 Å². The molecule has 0 bridgehead atoms. The molecule has 0 saturated heterocycles. The molecule has 2 rings (SSSR count). The summed E-state index contributed by atoms with van der Waals surface area (Å²) in [6.45, 7) is 9.56. The van der Waals surface area contributed by atoms with Gasteiger partial charge in [0.25, 0.3) is 10.0 Å². The molecule has 10 nitrogen and oxygen atoms in total. The number of pyridine rings is 1. The van der Waals surface area contributed by atoms with Crippen LogP contribution in [0.3, 0.4) is 0 Å². The molecule has 0 spiro atoms. The fraction of sp³-hybridized carbons (Fsp3) is 0.630. The minimum absolute atomic E-state index is 0.463. The average molecular weight is 606 g/mol. The molecule has 2 atom stereocenters. The van der Waals surface area contributed by atoms with E-state index >= 15 is 0 Å². The van der Waals surface area contributed by atoms with Gasteiger partial charge in [0.2, 0.25) is 5.60 Å². The molecule has 0 radical (unpaired) electrons. The first-order valence-corrected chi connectivity index (χ1v) is 14.7. The quantitative estimate of drug-likeness (QED) is 0.286. The summed E-state index contributed by atoms with van der Waals surface area (Å²) in [6.07, 6.45) is -1.41. The molecule has 1 aromatic heterocycles. The molecule has 0 saturated carbocycles. The van der Waals surface area contributed by atoms with E-state index < -0.39 is 75.4 Å². The van der Waals surface area contributed by atoms with Gasteiger partial charge in [0.1, 0.15) is 17.2 Å². The minimum atomic E-state index is -5.23. The molecule has 1 heterocycles. The van der Waals surface area contributed by atoms with Gasteiger partial charge in [-0.15, -0.1) is 0 Å². The molecule has 230 valence electrons. The van der Waals surface area contributed by atoms with Crippen molar-refractivity contribution in [1.29, 1.82) is 0 Å². The maximum atomic E-state index is 13.9. The first-order valence-electron chi connectivity index (χ1n) is 13.1. The summed E-state index contributed by atoms with van der Waals surface area (Å²) in [6, 6.07) is 1.05. The summed E-state index contributed by atoms with van der Waals surface area (Å²) in [7, 11) is -4.54. The molecular weight excluding hydrogens is 567 g/mol. The van der Waals surface area contributed by atoms with Crippen LogP contribution in [0.1, 0.15) is 84.9 Å². The summed E-state index contributed by atoms with van der Waals surface area (Å²) in [4.78, 5) is 28.6. The van der Waals surface area contributed by atoms with E-state index in [1.165, 1.54) is 12.3 Å². The summed E-state index contributed by atoms with van der Waals surface area (Å²) >= 11 is 0. The van der Waals surface area contributed by atoms with Gasteiger partial charge in [0, 0.05) is 25.3 Å². The third-order valence-corrected chi connectivity index (χ3v) is 6.94. The number of alkyl carbamates (subject to hydrolysis) is 1. The zero-order valence-electron chi connectivity index (χ0n) is 24.0. The smallest absolute Gasteiger partial charge is 0.423 e. The second-order valence-corrected chi connectivity index (χ2v) is 13.5. The highest BCUT2D eigenvalue weighted by molar-refractivity contribution is 7.90. The van der Waals surface area contributed by atoms with Gasteiger partial charge >= 0.3 is 18.2 Å². The normalized spacial score (nSPS) is 17.1. The number of amides is 1. The molecule has 0 aromatic carbocycles. The summed E-state index contributed by atoms with van der Waals surface area (Å²) in [5, 5.41) is 12.9. The van der Waals surface area contributed by atoms with E-state index in [-0.39, 0.29) is 0 Å². The number of nitrogens with zero attached hydrogens (tertiary/aromatic N) is 2. The number of rotatable bonds is 10. The Labute approximate surface area is 238 Å². The van der Waals surface area contributed by atoms with Gasteiger partial charge in [-0.25, -0.2) is 18.0 Å². The van der Waals surface area contributed by atoms with Gasteiger partial charge < -0.3 is 19.9 Å². The van der Waals surface area contributed by atoms with Gasteiger partial charge in [-0.05, 0) is 78.0 Å². The van der Waals surface area contributed by atoms with Crippen LogP contribution < -0.4 is 5.32 Å². The lowest BCUT2D eigenvalue weighted by Gasteiger charge is -2.29. The average Bonchev–Trinajstić information content (AvgIpc) is 3.34. The Morgan fingerprint density at radius 1 is 1.12 bits per heavy atom. The van der Waals surface area contributed by atoms with Crippen molar-refractivity contribution in [2.24, 2.45) is 4.40 Å². The maximum Gasteiger partial charge on any atom is 0.423 e. The zero-order chi connectivity index (χ0) is 31.3. The fourth-order valence-corrected chi connectivity index (χ4v) is 4.78. The van der Waals surface area contributed by atoms with Crippen LogP contribution in [-0.4, -0.2) is 66.0 Å². The van der Waals surface area contributed by atoms with Crippen molar-refractivity contribution in [3.05, 3.63) is 35.7 Å². The van der Waals surface area contributed by atoms with E-state index in [0.717, 1.165) is 37.1 Å². The lowest BCUT2D eigenvalue weighted by atomic mass is 9.94. The van der Waals surface area contributed by atoms with Crippen LogP contribution in [-0.2, 0) is 29.9 Å². The molecule has 2 N–H and O–H groups in total. The third kappa shape index (κ3) is 10.7. The SMILES string of the molecule is CC(C)(C)OC(=O)N[C@@H](CC=NS(=O)(=O)CCC(O)(c1ccc(C2=CCCC2)cn1)C(F)(F)F)C(=O)OC(C)(C)C. The number of aliphatic hydroxyl groups is 1. The number of carbonyl (C=O) groups is 2. The van der Waals surface area contributed by atoms with Crippen molar-refractivity contribution in [2.75, 3.05) is 5.75 Å². The largest absolute Gasteiger partial charge is 0.458 e. The first kappa shape index (κ1) is 34.2. The Morgan fingerprint density at radius 3 is 2.24 bits per heavy atom. The zero-order valence-corrected chi connectivity index (χ0v) is 24.9. The Balaban J connectivity index is 2.17. The van der Waals surface area contributed by atoms with Crippen molar-refractivity contribution in [2.45, 2.75) is 103 Å². The molecule has 14 heteroatoms. The van der Waals surface area contributed by atoms with Crippen molar-refractivity contribution < 1.29 is 45.8 Å².